The molecule has 0 saturated carbocycles. The number of hydrogen-bond acceptors (Lipinski definition) is 6. The van der Waals surface area contributed by atoms with E-state index < -0.39 is 0 Å². The maximum Gasteiger partial charge on any atom is 0.242 e. The second-order valence-electron chi connectivity index (χ2n) is 8.19. The SMILES string of the molecule is COCCN(CC(=O)N(CCc1ccc(OC)c(OC)c1)Cc1sccc1C)C(=O)C(C)C. The fourth-order valence-electron chi connectivity index (χ4n) is 3.43. The molecule has 1 aromatic heterocycles. The summed E-state index contributed by atoms with van der Waals surface area (Å²) < 4.78 is 15.9. The molecule has 33 heavy (non-hydrogen) atoms. The van der Waals surface area contributed by atoms with Crippen molar-refractivity contribution < 1.29 is 23.8 Å². The zero-order valence-electron chi connectivity index (χ0n) is 20.6. The highest BCUT2D eigenvalue weighted by Crippen LogP contribution is 2.28. The van der Waals surface area contributed by atoms with Crippen molar-refractivity contribution in [3.8, 4) is 11.5 Å². The summed E-state index contributed by atoms with van der Waals surface area (Å²) in [6.45, 7) is 7.60. The highest BCUT2D eigenvalue weighted by atomic mass is 32.1. The van der Waals surface area contributed by atoms with Crippen LogP contribution in [0, 0.1) is 12.8 Å². The Balaban J connectivity index is 2.19. The van der Waals surface area contributed by atoms with Gasteiger partial charge in [0.15, 0.2) is 11.5 Å². The summed E-state index contributed by atoms with van der Waals surface area (Å²) in [6.07, 6.45) is 0.659. The van der Waals surface area contributed by atoms with Gasteiger partial charge in [-0.25, -0.2) is 0 Å². The number of carbonyl (C=O) groups is 2. The van der Waals surface area contributed by atoms with Crippen molar-refractivity contribution in [3.05, 3.63) is 45.6 Å². The summed E-state index contributed by atoms with van der Waals surface area (Å²) in [4.78, 5) is 30.6. The fraction of sp³-hybridized carbons (Fsp3) is 0.520. The third-order valence-corrected chi connectivity index (χ3v) is 6.48. The third-order valence-electron chi connectivity index (χ3n) is 5.47. The minimum atomic E-state index is -0.186. The van der Waals surface area contributed by atoms with E-state index in [-0.39, 0.29) is 24.3 Å². The first kappa shape index (κ1) is 26.7. The van der Waals surface area contributed by atoms with Crippen LogP contribution in [-0.4, -0.2) is 69.2 Å². The van der Waals surface area contributed by atoms with E-state index in [4.69, 9.17) is 14.2 Å². The van der Waals surface area contributed by atoms with Gasteiger partial charge in [-0.1, -0.05) is 19.9 Å². The Morgan fingerprint density at radius 2 is 1.73 bits per heavy atom. The van der Waals surface area contributed by atoms with Gasteiger partial charge in [-0.05, 0) is 48.1 Å². The van der Waals surface area contributed by atoms with Gasteiger partial charge < -0.3 is 24.0 Å². The molecule has 2 rings (SSSR count). The molecule has 0 radical (unpaired) electrons. The van der Waals surface area contributed by atoms with E-state index in [2.05, 4.69) is 13.0 Å². The lowest BCUT2D eigenvalue weighted by Crippen LogP contribution is -2.45. The predicted octanol–water partition coefficient (Wildman–Crippen LogP) is 3.78. The molecular weight excluding hydrogens is 440 g/mol. The standard InChI is InChI=1S/C25H36N2O5S/c1-18(2)25(29)27(12-13-30-4)17-24(28)26(16-23-19(3)10-14-33-23)11-9-20-7-8-21(31-5)22(15-20)32-6/h7-8,10,14-15,18H,9,11-13,16-17H2,1-6H3. The zero-order valence-corrected chi connectivity index (χ0v) is 21.4. The van der Waals surface area contributed by atoms with Gasteiger partial charge in [0.2, 0.25) is 11.8 Å². The number of hydrogen-bond donors (Lipinski definition) is 0. The molecule has 0 atom stereocenters. The fourth-order valence-corrected chi connectivity index (χ4v) is 4.35. The molecule has 182 valence electrons. The largest absolute Gasteiger partial charge is 0.493 e. The Morgan fingerprint density at radius 3 is 2.30 bits per heavy atom. The summed E-state index contributed by atoms with van der Waals surface area (Å²) >= 11 is 1.64. The maximum atomic E-state index is 13.4. The average Bonchev–Trinajstić information content (AvgIpc) is 3.22. The van der Waals surface area contributed by atoms with E-state index in [1.54, 1.807) is 37.6 Å². The number of carbonyl (C=O) groups excluding carboxylic acids is 2. The molecule has 0 unspecified atom stereocenters. The molecule has 7 nitrogen and oxygen atoms in total. The Hall–Kier alpha value is -2.58. The van der Waals surface area contributed by atoms with Crippen molar-refractivity contribution in [3.63, 3.8) is 0 Å². The lowest BCUT2D eigenvalue weighted by molar-refractivity contribution is -0.143. The van der Waals surface area contributed by atoms with Gasteiger partial charge in [-0.15, -0.1) is 11.3 Å². The van der Waals surface area contributed by atoms with Crippen molar-refractivity contribution in [1.82, 2.24) is 9.80 Å². The van der Waals surface area contributed by atoms with Crippen molar-refractivity contribution in [1.29, 1.82) is 0 Å². The summed E-state index contributed by atoms with van der Waals surface area (Å²) in [7, 11) is 4.81. The van der Waals surface area contributed by atoms with Crippen LogP contribution < -0.4 is 9.47 Å². The number of rotatable bonds is 13. The normalized spacial score (nSPS) is 10.9. The highest BCUT2D eigenvalue weighted by molar-refractivity contribution is 7.10. The Kier molecular flexibility index (Phi) is 10.7. The van der Waals surface area contributed by atoms with Crippen LogP contribution in [0.3, 0.4) is 0 Å². The van der Waals surface area contributed by atoms with Crippen LogP contribution in [0.25, 0.3) is 0 Å². The lowest BCUT2D eigenvalue weighted by Gasteiger charge is -2.28. The summed E-state index contributed by atoms with van der Waals surface area (Å²) in [6, 6.07) is 7.85. The smallest absolute Gasteiger partial charge is 0.242 e. The molecule has 0 aliphatic heterocycles. The Morgan fingerprint density at radius 1 is 1.00 bits per heavy atom. The maximum absolute atomic E-state index is 13.4. The van der Waals surface area contributed by atoms with Gasteiger partial charge in [-0.2, -0.15) is 0 Å². The lowest BCUT2D eigenvalue weighted by atomic mass is 10.1. The molecule has 1 aromatic carbocycles. The number of nitrogens with zero attached hydrogens (tertiary/aromatic N) is 2. The molecule has 0 bridgehead atoms. The number of ether oxygens (including phenoxy) is 3. The van der Waals surface area contributed by atoms with E-state index in [1.165, 1.54) is 5.56 Å². The number of thiophene rings is 1. The summed E-state index contributed by atoms with van der Waals surface area (Å²) in [5.41, 5.74) is 2.21. The summed E-state index contributed by atoms with van der Waals surface area (Å²) in [5.74, 6) is 1.02. The highest BCUT2D eigenvalue weighted by Gasteiger charge is 2.23. The monoisotopic (exact) mass is 476 g/mol. The number of methoxy groups -OCH3 is 3. The first-order valence-electron chi connectivity index (χ1n) is 11.1. The molecule has 0 aliphatic rings. The van der Waals surface area contributed by atoms with Crippen LogP contribution in [0.2, 0.25) is 0 Å². The van der Waals surface area contributed by atoms with E-state index in [9.17, 15) is 9.59 Å². The quantitative estimate of drug-likeness (QED) is 0.440. The van der Waals surface area contributed by atoms with Crippen LogP contribution in [0.4, 0.5) is 0 Å². The van der Waals surface area contributed by atoms with Gasteiger partial charge >= 0.3 is 0 Å². The molecule has 0 fully saturated rings. The van der Waals surface area contributed by atoms with Gasteiger partial charge in [0.1, 0.15) is 0 Å². The molecule has 0 aliphatic carbocycles. The van der Waals surface area contributed by atoms with Crippen molar-refractivity contribution >= 4 is 23.2 Å². The molecule has 0 saturated heterocycles. The summed E-state index contributed by atoms with van der Waals surface area (Å²) in [5, 5.41) is 2.04. The van der Waals surface area contributed by atoms with Crippen LogP contribution in [0.5, 0.6) is 11.5 Å². The van der Waals surface area contributed by atoms with Gasteiger partial charge in [-0.3, -0.25) is 9.59 Å². The van der Waals surface area contributed by atoms with Gasteiger partial charge in [0, 0.05) is 31.0 Å². The minimum Gasteiger partial charge on any atom is -0.493 e. The Bertz CT molecular complexity index is 912. The van der Waals surface area contributed by atoms with E-state index >= 15 is 0 Å². The van der Waals surface area contributed by atoms with E-state index in [1.807, 2.05) is 42.3 Å². The molecule has 1 heterocycles. The molecule has 8 heteroatoms. The third kappa shape index (κ3) is 7.75. The zero-order chi connectivity index (χ0) is 24.4. The first-order chi connectivity index (χ1) is 15.8. The first-order valence-corrected chi connectivity index (χ1v) is 12.0. The minimum absolute atomic E-state index is 0.0384. The molecule has 0 N–H and O–H groups in total. The van der Waals surface area contributed by atoms with Crippen molar-refractivity contribution in [2.75, 3.05) is 47.6 Å². The van der Waals surface area contributed by atoms with E-state index in [0.29, 0.717) is 44.2 Å². The second kappa shape index (κ2) is 13.2. The molecular formula is C25H36N2O5S. The topological polar surface area (TPSA) is 68.3 Å². The van der Waals surface area contributed by atoms with Crippen molar-refractivity contribution in [2.45, 2.75) is 33.7 Å². The number of amides is 2. The van der Waals surface area contributed by atoms with Gasteiger partial charge in [0.05, 0.1) is 33.9 Å². The predicted molar refractivity (Wildman–Crippen MR) is 131 cm³/mol. The van der Waals surface area contributed by atoms with Crippen LogP contribution in [-0.2, 0) is 27.3 Å². The molecule has 0 spiro atoms. The van der Waals surface area contributed by atoms with Crippen LogP contribution >= 0.6 is 11.3 Å². The number of benzene rings is 1. The average molecular weight is 477 g/mol. The van der Waals surface area contributed by atoms with Crippen molar-refractivity contribution in [2.24, 2.45) is 5.92 Å². The molecule has 2 amide bonds. The van der Waals surface area contributed by atoms with Gasteiger partial charge in [0.25, 0.3) is 0 Å². The van der Waals surface area contributed by atoms with Crippen LogP contribution in [0.15, 0.2) is 29.6 Å². The van der Waals surface area contributed by atoms with Crippen LogP contribution in [0.1, 0.15) is 29.9 Å². The van der Waals surface area contributed by atoms with E-state index in [0.717, 1.165) is 10.4 Å². The Labute approximate surface area is 201 Å². The number of aryl methyl sites for hydroxylation is 1. The second-order valence-corrected chi connectivity index (χ2v) is 9.19. The molecule has 2 aromatic rings.